The van der Waals surface area contributed by atoms with Crippen molar-refractivity contribution in [3.8, 4) is 5.75 Å². The van der Waals surface area contributed by atoms with Gasteiger partial charge in [0, 0.05) is 0 Å². The van der Waals surface area contributed by atoms with E-state index in [0.29, 0.717) is 11.4 Å². The normalized spacial score (nSPS) is 12.6. The average Bonchev–Trinajstić information content (AvgIpc) is 2.72. The van der Waals surface area contributed by atoms with Crippen LogP contribution < -0.4 is 15.4 Å². The van der Waals surface area contributed by atoms with Gasteiger partial charge in [-0.05, 0) is 30.5 Å². The molecule has 0 spiro atoms. The predicted molar refractivity (Wildman–Crippen MR) is 114 cm³/mol. The number of carbonyl (C=O) groups excluding carboxylic acids is 3. The minimum atomic E-state index is -1.05. The molecule has 0 saturated heterocycles. The van der Waals surface area contributed by atoms with Crippen LogP contribution in [0, 0.1) is 5.92 Å². The van der Waals surface area contributed by atoms with Crippen molar-refractivity contribution in [2.45, 2.75) is 39.3 Å². The second-order valence-electron chi connectivity index (χ2n) is 7.22. The zero-order valence-corrected chi connectivity index (χ0v) is 17.7. The van der Waals surface area contributed by atoms with Crippen LogP contribution in [0.15, 0.2) is 54.6 Å². The largest absolute Gasteiger partial charge is 0.495 e. The van der Waals surface area contributed by atoms with Gasteiger partial charge in [-0.25, -0.2) is 4.79 Å². The number of hydrogen-bond acceptors (Lipinski definition) is 5. The van der Waals surface area contributed by atoms with Gasteiger partial charge in [-0.1, -0.05) is 56.3 Å². The molecule has 0 heterocycles. The number of anilines is 1. The molecule has 2 aromatic rings. The topological polar surface area (TPSA) is 93.7 Å². The summed E-state index contributed by atoms with van der Waals surface area (Å²) in [6.45, 7) is 5.08. The van der Waals surface area contributed by atoms with E-state index in [1.807, 2.05) is 30.3 Å². The van der Waals surface area contributed by atoms with Crippen molar-refractivity contribution >= 4 is 23.5 Å². The lowest BCUT2D eigenvalue weighted by atomic mass is 10.0. The third-order valence-electron chi connectivity index (χ3n) is 4.47. The van der Waals surface area contributed by atoms with Crippen molar-refractivity contribution in [1.82, 2.24) is 5.32 Å². The van der Waals surface area contributed by atoms with Crippen LogP contribution in [0.1, 0.15) is 26.3 Å². The first-order valence-electron chi connectivity index (χ1n) is 9.79. The van der Waals surface area contributed by atoms with E-state index in [0.717, 1.165) is 5.56 Å². The number of hydrogen-bond donors (Lipinski definition) is 2. The van der Waals surface area contributed by atoms with Crippen LogP contribution in [-0.4, -0.2) is 37.0 Å². The Morgan fingerprint density at radius 1 is 0.933 bits per heavy atom. The molecule has 0 aliphatic heterocycles. The lowest BCUT2D eigenvalue weighted by Gasteiger charge is -2.23. The van der Waals surface area contributed by atoms with E-state index in [9.17, 15) is 14.4 Å². The first-order valence-corrected chi connectivity index (χ1v) is 9.79. The number of amides is 2. The maximum Gasteiger partial charge on any atom is 0.329 e. The van der Waals surface area contributed by atoms with Crippen LogP contribution in [-0.2, 0) is 25.5 Å². The van der Waals surface area contributed by atoms with E-state index >= 15 is 0 Å². The Labute approximate surface area is 176 Å². The smallest absolute Gasteiger partial charge is 0.329 e. The van der Waals surface area contributed by atoms with Gasteiger partial charge < -0.3 is 20.1 Å². The van der Waals surface area contributed by atoms with E-state index in [-0.39, 0.29) is 18.2 Å². The van der Waals surface area contributed by atoms with Gasteiger partial charge in [0.2, 0.25) is 5.91 Å². The zero-order chi connectivity index (χ0) is 22.1. The highest BCUT2D eigenvalue weighted by atomic mass is 16.5. The third kappa shape index (κ3) is 6.62. The van der Waals surface area contributed by atoms with E-state index in [4.69, 9.17) is 9.47 Å². The number of esters is 1. The molecule has 7 nitrogen and oxygen atoms in total. The van der Waals surface area contributed by atoms with Crippen LogP contribution in [0.4, 0.5) is 5.69 Å². The SMILES string of the molecule is COc1ccccc1NC(=O)C(C)OC(=O)[C@@H](NC(=O)Cc1ccccc1)C(C)C. The fourth-order valence-corrected chi connectivity index (χ4v) is 2.79. The zero-order valence-electron chi connectivity index (χ0n) is 17.7. The van der Waals surface area contributed by atoms with Gasteiger partial charge in [0.05, 0.1) is 19.2 Å². The monoisotopic (exact) mass is 412 g/mol. The van der Waals surface area contributed by atoms with Crippen LogP contribution in [0.2, 0.25) is 0 Å². The van der Waals surface area contributed by atoms with Crippen molar-refractivity contribution in [3.63, 3.8) is 0 Å². The average molecular weight is 412 g/mol. The molecule has 0 saturated carbocycles. The molecule has 1 unspecified atom stereocenters. The second-order valence-corrected chi connectivity index (χ2v) is 7.22. The maximum absolute atomic E-state index is 12.6. The van der Waals surface area contributed by atoms with Crippen molar-refractivity contribution < 1.29 is 23.9 Å². The highest BCUT2D eigenvalue weighted by Gasteiger charge is 2.29. The van der Waals surface area contributed by atoms with Gasteiger partial charge >= 0.3 is 5.97 Å². The summed E-state index contributed by atoms with van der Waals surface area (Å²) >= 11 is 0. The van der Waals surface area contributed by atoms with Crippen molar-refractivity contribution in [3.05, 3.63) is 60.2 Å². The van der Waals surface area contributed by atoms with E-state index in [1.165, 1.54) is 14.0 Å². The first-order chi connectivity index (χ1) is 14.3. The van der Waals surface area contributed by atoms with E-state index in [2.05, 4.69) is 10.6 Å². The molecule has 2 aromatic carbocycles. The molecule has 0 fully saturated rings. The maximum atomic E-state index is 12.6. The Hall–Kier alpha value is -3.35. The summed E-state index contributed by atoms with van der Waals surface area (Å²) in [5.74, 6) is -1.15. The van der Waals surface area contributed by atoms with Crippen LogP contribution in [0.3, 0.4) is 0 Å². The molecule has 30 heavy (non-hydrogen) atoms. The van der Waals surface area contributed by atoms with Crippen molar-refractivity contribution in [2.75, 3.05) is 12.4 Å². The lowest BCUT2D eigenvalue weighted by molar-refractivity contribution is -0.157. The summed E-state index contributed by atoms with van der Waals surface area (Å²) in [7, 11) is 1.50. The Morgan fingerprint density at radius 3 is 2.20 bits per heavy atom. The van der Waals surface area contributed by atoms with Gasteiger partial charge in [-0.3, -0.25) is 9.59 Å². The third-order valence-corrected chi connectivity index (χ3v) is 4.47. The molecule has 0 radical (unpaired) electrons. The highest BCUT2D eigenvalue weighted by Crippen LogP contribution is 2.23. The fourth-order valence-electron chi connectivity index (χ4n) is 2.79. The first kappa shape index (κ1) is 22.9. The molecule has 2 atom stereocenters. The fraction of sp³-hybridized carbons (Fsp3) is 0.348. The number of para-hydroxylation sites is 2. The Morgan fingerprint density at radius 2 is 1.57 bits per heavy atom. The Bertz CT molecular complexity index is 867. The number of nitrogens with one attached hydrogen (secondary N) is 2. The van der Waals surface area contributed by atoms with Gasteiger partial charge in [-0.15, -0.1) is 0 Å². The second kappa shape index (κ2) is 11.0. The van der Waals surface area contributed by atoms with Crippen molar-refractivity contribution in [2.24, 2.45) is 5.92 Å². The lowest BCUT2D eigenvalue weighted by Crippen LogP contribution is -2.47. The number of carbonyl (C=O) groups is 3. The van der Waals surface area contributed by atoms with Gasteiger partial charge in [0.15, 0.2) is 6.10 Å². The molecule has 0 aliphatic carbocycles. The summed E-state index contributed by atoms with van der Waals surface area (Å²) in [5.41, 5.74) is 1.32. The molecule has 7 heteroatoms. The minimum Gasteiger partial charge on any atom is -0.495 e. The molecule has 160 valence electrons. The summed E-state index contributed by atoms with van der Waals surface area (Å²) in [4.78, 5) is 37.4. The summed E-state index contributed by atoms with van der Waals surface area (Å²) in [6, 6.07) is 15.3. The molecule has 0 aromatic heterocycles. The molecular weight excluding hydrogens is 384 g/mol. The molecule has 2 amide bonds. The van der Waals surface area contributed by atoms with E-state index in [1.54, 1.807) is 38.1 Å². The number of methoxy groups -OCH3 is 1. The summed E-state index contributed by atoms with van der Waals surface area (Å²) in [5, 5.41) is 5.39. The predicted octanol–water partition coefficient (Wildman–Crippen LogP) is 2.95. The van der Waals surface area contributed by atoms with Gasteiger partial charge in [-0.2, -0.15) is 0 Å². The standard InChI is InChI=1S/C23H28N2O5/c1-15(2)21(25-20(26)14-17-10-6-5-7-11-17)23(28)30-16(3)22(27)24-18-12-8-9-13-19(18)29-4/h5-13,15-16,21H,14H2,1-4H3,(H,24,27)(H,25,26)/t16?,21-/m0/s1. The quantitative estimate of drug-likeness (QED) is 0.618. The molecule has 0 aliphatic rings. The number of rotatable bonds is 9. The summed E-state index contributed by atoms with van der Waals surface area (Å²) in [6.07, 6.45) is -0.893. The summed E-state index contributed by atoms with van der Waals surface area (Å²) < 4.78 is 10.5. The highest BCUT2D eigenvalue weighted by molar-refractivity contribution is 5.96. The number of ether oxygens (including phenoxy) is 2. The van der Waals surface area contributed by atoms with Gasteiger partial charge in [0.25, 0.3) is 5.91 Å². The van der Waals surface area contributed by atoms with E-state index < -0.39 is 24.0 Å². The van der Waals surface area contributed by atoms with Crippen LogP contribution >= 0.6 is 0 Å². The molecular formula is C23H28N2O5. The van der Waals surface area contributed by atoms with Crippen molar-refractivity contribution in [1.29, 1.82) is 0 Å². The molecule has 2 rings (SSSR count). The molecule has 2 N–H and O–H groups in total. The van der Waals surface area contributed by atoms with Gasteiger partial charge in [0.1, 0.15) is 11.8 Å². The number of benzene rings is 2. The van der Waals surface area contributed by atoms with Crippen LogP contribution in [0.5, 0.6) is 5.75 Å². The Balaban J connectivity index is 1.96. The Kier molecular flexibility index (Phi) is 8.41. The van der Waals surface area contributed by atoms with Crippen LogP contribution in [0.25, 0.3) is 0 Å². The molecule has 0 bridgehead atoms. The minimum absolute atomic E-state index is 0.154.